The zero-order chi connectivity index (χ0) is 13.0. The number of nitrogens with two attached hydrogens (primary N) is 1. The molecule has 2 aromatic carbocycles. The Hall–Kier alpha value is -2.49. The highest BCUT2D eigenvalue weighted by molar-refractivity contribution is 5.84. The predicted molar refractivity (Wildman–Crippen MR) is 70.1 cm³/mol. The van der Waals surface area contributed by atoms with E-state index in [4.69, 9.17) is 5.73 Å². The number of hydrogen-bond acceptors (Lipinski definition) is 3. The lowest BCUT2D eigenvalue weighted by Gasteiger charge is -2.17. The van der Waals surface area contributed by atoms with E-state index in [1.165, 1.54) is 6.07 Å². The third-order valence-electron chi connectivity index (χ3n) is 2.57. The van der Waals surface area contributed by atoms with E-state index in [0.29, 0.717) is 5.56 Å². The van der Waals surface area contributed by atoms with Gasteiger partial charge in [-0.2, -0.15) is 0 Å². The molecule has 0 bridgehead atoms. The van der Waals surface area contributed by atoms with Crippen LogP contribution >= 0.6 is 0 Å². The summed E-state index contributed by atoms with van der Waals surface area (Å²) in [5.41, 5.74) is 6.81. The van der Waals surface area contributed by atoms with Crippen molar-refractivity contribution in [1.29, 1.82) is 0 Å². The smallest absolute Gasteiger partial charge is 0.244 e. The van der Waals surface area contributed by atoms with Crippen LogP contribution in [0.25, 0.3) is 0 Å². The third-order valence-corrected chi connectivity index (χ3v) is 2.57. The van der Waals surface area contributed by atoms with Gasteiger partial charge in [0.25, 0.3) is 0 Å². The molecule has 0 fully saturated rings. The van der Waals surface area contributed by atoms with E-state index in [0.717, 1.165) is 5.69 Å². The Morgan fingerprint density at radius 1 is 1.11 bits per heavy atom. The Bertz CT molecular complexity index is 541. The molecule has 18 heavy (non-hydrogen) atoms. The van der Waals surface area contributed by atoms with Crippen LogP contribution in [0.5, 0.6) is 5.75 Å². The molecule has 1 amide bonds. The zero-order valence-corrected chi connectivity index (χ0v) is 9.71. The summed E-state index contributed by atoms with van der Waals surface area (Å²) in [5.74, 6) is -0.391. The molecular weight excluding hydrogens is 228 g/mol. The van der Waals surface area contributed by atoms with E-state index in [1.807, 2.05) is 30.3 Å². The quantitative estimate of drug-likeness (QED) is 0.767. The van der Waals surface area contributed by atoms with Crippen LogP contribution in [0.15, 0.2) is 54.6 Å². The van der Waals surface area contributed by atoms with Crippen molar-refractivity contribution in [2.45, 2.75) is 6.04 Å². The van der Waals surface area contributed by atoms with E-state index in [1.54, 1.807) is 18.2 Å². The van der Waals surface area contributed by atoms with Gasteiger partial charge in [-0.25, -0.2) is 0 Å². The summed E-state index contributed by atoms with van der Waals surface area (Å²) >= 11 is 0. The number of primary amides is 1. The lowest BCUT2D eigenvalue weighted by molar-refractivity contribution is -0.118. The number of aromatic hydroxyl groups is 1. The van der Waals surface area contributed by atoms with Gasteiger partial charge in [-0.15, -0.1) is 0 Å². The van der Waals surface area contributed by atoms with Gasteiger partial charge in [0.2, 0.25) is 5.91 Å². The fraction of sp³-hybridized carbons (Fsp3) is 0.0714. The molecule has 0 aliphatic carbocycles. The Labute approximate surface area is 105 Å². The van der Waals surface area contributed by atoms with Crippen molar-refractivity contribution in [3.05, 3.63) is 60.2 Å². The minimum atomic E-state index is -0.667. The number of anilines is 1. The normalized spacial score (nSPS) is 11.8. The van der Waals surface area contributed by atoms with Gasteiger partial charge >= 0.3 is 0 Å². The summed E-state index contributed by atoms with van der Waals surface area (Å²) in [4.78, 5) is 11.5. The van der Waals surface area contributed by atoms with Crippen LogP contribution in [0.2, 0.25) is 0 Å². The summed E-state index contributed by atoms with van der Waals surface area (Å²) in [6.45, 7) is 0. The lowest BCUT2D eigenvalue weighted by Crippen LogP contribution is -2.27. The van der Waals surface area contributed by atoms with Gasteiger partial charge in [0.05, 0.1) is 0 Å². The minimum absolute atomic E-state index is 0.105. The largest absolute Gasteiger partial charge is 0.508 e. The van der Waals surface area contributed by atoms with E-state index in [9.17, 15) is 9.90 Å². The molecule has 0 saturated heterocycles. The van der Waals surface area contributed by atoms with Gasteiger partial charge in [0, 0.05) is 5.69 Å². The van der Waals surface area contributed by atoms with Crippen LogP contribution in [0, 0.1) is 0 Å². The maximum absolute atomic E-state index is 11.5. The van der Waals surface area contributed by atoms with Crippen LogP contribution < -0.4 is 11.1 Å². The number of nitrogens with one attached hydrogen (secondary N) is 1. The standard InChI is InChI=1S/C14H14N2O2/c15-14(18)13(10-5-4-8-12(17)9-10)16-11-6-2-1-3-7-11/h1-9,13,16-17H,(H2,15,18). The van der Waals surface area contributed by atoms with E-state index in [2.05, 4.69) is 5.32 Å². The number of carbonyl (C=O) groups excluding carboxylic acids is 1. The fourth-order valence-electron chi connectivity index (χ4n) is 1.72. The lowest BCUT2D eigenvalue weighted by atomic mass is 10.1. The number of phenolic OH excluding ortho intramolecular Hbond substituents is 1. The first kappa shape index (κ1) is 12.0. The molecular formula is C14H14N2O2. The van der Waals surface area contributed by atoms with Crippen LogP contribution in [-0.2, 0) is 4.79 Å². The van der Waals surface area contributed by atoms with Gasteiger partial charge in [-0.3, -0.25) is 4.79 Å². The molecule has 0 aromatic heterocycles. The molecule has 0 radical (unpaired) electrons. The highest BCUT2D eigenvalue weighted by atomic mass is 16.3. The van der Waals surface area contributed by atoms with Crippen LogP contribution in [0.1, 0.15) is 11.6 Å². The van der Waals surface area contributed by atoms with Gasteiger partial charge in [0.15, 0.2) is 0 Å². The van der Waals surface area contributed by atoms with Crippen molar-refractivity contribution in [2.75, 3.05) is 5.32 Å². The van der Waals surface area contributed by atoms with Crippen molar-refractivity contribution in [3.63, 3.8) is 0 Å². The Kier molecular flexibility index (Phi) is 3.48. The molecule has 4 heteroatoms. The minimum Gasteiger partial charge on any atom is -0.508 e. The molecule has 0 heterocycles. The number of para-hydroxylation sites is 1. The average molecular weight is 242 g/mol. The first-order valence-electron chi connectivity index (χ1n) is 5.56. The van der Waals surface area contributed by atoms with Crippen LogP contribution in [-0.4, -0.2) is 11.0 Å². The average Bonchev–Trinajstić information content (AvgIpc) is 2.37. The molecule has 0 saturated carbocycles. The summed E-state index contributed by atoms with van der Waals surface area (Å²) < 4.78 is 0. The van der Waals surface area contributed by atoms with Crippen molar-refractivity contribution in [1.82, 2.24) is 0 Å². The molecule has 92 valence electrons. The number of benzene rings is 2. The molecule has 0 spiro atoms. The van der Waals surface area contributed by atoms with E-state index in [-0.39, 0.29) is 5.75 Å². The Balaban J connectivity index is 2.27. The van der Waals surface area contributed by atoms with Crippen LogP contribution in [0.3, 0.4) is 0 Å². The molecule has 2 rings (SSSR count). The maximum Gasteiger partial charge on any atom is 0.244 e. The molecule has 2 aromatic rings. The molecule has 1 atom stereocenters. The second-order valence-electron chi connectivity index (χ2n) is 3.94. The summed E-state index contributed by atoms with van der Waals surface area (Å²) in [6.07, 6.45) is 0. The molecule has 1 unspecified atom stereocenters. The van der Waals surface area contributed by atoms with E-state index >= 15 is 0 Å². The van der Waals surface area contributed by atoms with Gasteiger partial charge in [-0.05, 0) is 29.8 Å². The second-order valence-corrected chi connectivity index (χ2v) is 3.94. The molecule has 0 aliphatic rings. The first-order valence-corrected chi connectivity index (χ1v) is 5.56. The Morgan fingerprint density at radius 2 is 1.83 bits per heavy atom. The highest BCUT2D eigenvalue weighted by Crippen LogP contribution is 2.22. The van der Waals surface area contributed by atoms with E-state index < -0.39 is 11.9 Å². The Morgan fingerprint density at radius 3 is 2.44 bits per heavy atom. The number of phenols is 1. The first-order chi connectivity index (χ1) is 8.66. The topological polar surface area (TPSA) is 75.4 Å². The number of carbonyl (C=O) groups is 1. The predicted octanol–water partition coefficient (Wildman–Crippen LogP) is 2.03. The number of rotatable bonds is 4. The summed E-state index contributed by atoms with van der Waals surface area (Å²) in [6, 6.07) is 15.1. The van der Waals surface area contributed by atoms with Crippen molar-refractivity contribution in [3.8, 4) is 5.75 Å². The van der Waals surface area contributed by atoms with Crippen LogP contribution in [0.4, 0.5) is 5.69 Å². The molecule has 4 N–H and O–H groups in total. The SMILES string of the molecule is NC(=O)C(Nc1ccccc1)c1cccc(O)c1. The monoisotopic (exact) mass is 242 g/mol. The molecule has 4 nitrogen and oxygen atoms in total. The third kappa shape index (κ3) is 2.79. The van der Waals surface area contributed by atoms with Gasteiger partial charge < -0.3 is 16.2 Å². The zero-order valence-electron chi connectivity index (χ0n) is 9.71. The summed E-state index contributed by atoms with van der Waals surface area (Å²) in [5, 5.41) is 12.5. The molecule has 0 aliphatic heterocycles. The number of hydrogen-bond donors (Lipinski definition) is 3. The summed E-state index contributed by atoms with van der Waals surface area (Å²) in [7, 11) is 0. The maximum atomic E-state index is 11.5. The van der Waals surface area contributed by atoms with Crippen molar-refractivity contribution >= 4 is 11.6 Å². The van der Waals surface area contributed by atoms with Gasteiger partial charge in [0.1, 0.15) is 11.8 Å². The highest BCUT2D eigenvalue weighted by Gasteiger charge is 2.17. The van der Waals surface area contributed by atoms with Crippen molar-refractivity contribution in [2.24, 2.45) is 5.73 Å². The van der Waals surface area contributed by atoms with Crippen molar-refractivity contribution < 1.29 is 9.90 Å². The second kappa shape index (κ2) is 5.23. The van der Waals surface area contributed by atoms with Gasteiger partial charge in [-0.1, -0.05) is 30.3 Å². The fourth-order valence-corrected chi connectivity index (χ4v) is 1.72. The number of amides is 1.